The molecule has 0 fully saturated rings. The average molecular weight is 317 g/mol. The molecule has 120 valence electrons. The highest BCUT2D eigenvalue weighted by atomic mass is 14.9. The third-order valence-electron chi connectivity index (χ3n) is 4.07. The Bertz CT molecular complexity index is 865. The van der Waals surface area contributed by atoms with Crippen molar-refractivity contribution in [2.45, 2.75) is 12.8 Å². The van der Waals surface area contributed by atoms with Gasteiger partial charge in [0.05, 0.1) is 22.1 Å². The molecule has 5 nitrogen and oxygen atoms in total. The van der Waals surface area contributed by atoms with Crippen LogP contribution < -0.4 is 5.73 Å². The summed E-state index contributed by atoms with van der Waals surface area (Å²) in [4.78, 5) is 16.0. The summed E-state index contributed by atoms with van der Waals surface area (Å²) in [6.45, 7) is 0.510. The molecule has 0 bridgehead atoms. The maximum atomic E-state index is 5.75. The van der Waals surface area contributed by atoms with Crippen molar-refractivity contribution in [1.82, 2.24) is 19.9 Å². The van der Waals surface area contributed by atoms with Gasteiger partial charge in [0.15, 0.2) is 0 Å². The van der Waals surface area contributed by atoms with Crippen molar-refractivity contribution in [2.24, 2.45) is 5.73 Å². The summed E-state index contributed by atoms with van der Waals surface area (Å²) in [7, 11) is 0. The number of aromatic nitrogens is 4. The molecule has 4 rings (SSSR count). The molecule has 0 saturated heterocycles. The van der Waals surface area contributed by atoms with Gasteiger partial charge in [-0.15, -0.1) is 0 Å². The SMILES string of the molecule is NCC=C(Cc1nc2ccccc2[nH]1)Cc1nc2ccccc2[nH]1. The van der Waals surface area contributed by atoms with Crippen LogP contribution in [0, 0.1) is 0 Å². The van der Waals surface area contributed by atoms with Crippen LogP contribution in [-0.2, 0) is 12.8 Å². The number of fused-ring (bicyclic) bond motifs is 2. The number of nitrogens with two attached hydrogens (primary N) is 1. The Balaban J connectivity index is 1.58. The molecule has 5 heteroatoms. The Kier molecular flexibility index (Phi) is 3.84. The lowest BCUT2D eigenvalue weighted by Gasteiger charge is -2.03. The lowest BCUT2D eigenvalue weighted by atomic mass is 10.1. The average Bonchev–Trinajstić information content (AvgIpc) is 3.17. The number of allylic oxidation sites excluding steroid dienone is 1. The first-order valence-corrected chi connectivity index (χ1v) is 8.07. The molecule has 24 heavy (non-hydrogen) atoms. The van der Waals surface area contributed by atoms with E-state index in [-0.39, 0.29) is 0 Å². The minimum atomic E-state index is 0.510. The van der Waals surface area contributed by atoms with Gasteiger partial charge in [0.2, 0.25) is 0 Å². The Morgan fingerprint density at radius 1 is 0.833 bits per heavy atom. The molecule has 0 amide bonds. The number of rotatable bonds is 5. The first-order valence-electron chi connectivity index (χ1n) is 8.07. The number of H-pyrrole nitrogens is 2. The Labute approximate surface area is 139 Å². The van der Waals surface area contributed by atoms with Gasteiger partial charge in [-0.1, -0.05) is 35.9 Å². The number of benzene rings is 2. The smallest absolute Gasteiger partial charge is 0.111 e. The van der Waals surface area contributed by atoms with Crippen LogP contribution in [-0.4, -0.2) is 26.5 Å². The zero-order chi connectivity index (χ0) is 16.4. The van der Waals surface area contributed by atoms with Crippen LogP contribution in [0.2, 0.25) is 0 Å². The third-order valence-corrected chi connectivity index (χ3v) is 4.07. The number of aromatic amines is 2. The van der Waals surface area contributed by atoms with Gasteiger partial charge in [-0.3, -0.25) is 0 Å². The van der Waals surface area contributed by atoms with Crippen molar-refractivity contribution >= 4 is 22.1 Å². The standard InChI is InChI=1S/C19H19N5/c20-10-9-13(11-18-21-14-5-1-2-6-15(14)22-18)12-19-23-16-7-3-4-8-17(16)24-19/h1-9H,10-12,20H2,(H,21,22)(H,23,24). The second-order valence-electron chi connectivity index (χ2n) is 5.85. The van der Waals surface area contributed by atoms with Crippen molar-refractivity contribution < 1.29 is 0 Å². The molecule has 4 N–H and O–H groups in total. The Hall–Kier alpha value is -2.92. The second kappa shape index (κ2) is 6.29. The maximum Gasteiger partial charge on any atom is 0.111 e. The van der Waals surface area contributed by atoms with Crippen LogP contribution in [0.4, 0.5) is 0 Å². The molecular formula is C19H19N5. The van der Waals surface area contributed by atoms with Gasteiger partial charge in [-0.05, 0) is 24.3 Å². The number of nitrogens with one attached hydrogen (secondary N) is 2. The van der Waals surface area contributed by atoms with Crippen molar-refractivity contribution in [3.63, 3.8) is 0 Å². The van der Waals surface area contributed by atoms with Crippen molar-refractivity contribution in [1.29, 1.82) is 0 Å². The predicted molar refractivity (Wildman–Crippen MR) is 96.7 cm³/mol. The fraction of sp³-hybridized carbons (Fsp3) is 0.158. The molecular weight excluding hydrogens is 298 g/mol. The number of hydrogen-bond acceptors (Lipinski definition) is 3. The first-order chi connectivity index (χ1) is 11.8. The molecule has 0 saturated carbocycles. The fourth-order valence-electron chi connectivity index (χ4n) is 2.98. The highest BCUT2D eigenvalue weighted by molar-refractivity contribution is 5.75. The van der Waals surface area contributed by atoms with Crippen molar-refractivity contribution in [3.8, 4) is 0 Å². The number of para-hydroxylation sites is 4. The minimum absolute atomic E-state index is 0.510. The number of hydrogen-bond donors (Lipinski definition) is 3. The molecule has 2 aromatic carbocycles. The summed E-state index contributed by atoms with van der Waals surface area (Å²) in [6.07, 6.45) is 3.53. The van der Waals surface area contributed by atoms with Gasteiger partial charge in [0.1, 0.15) is 11.6 Å². The van der Waals surface area contributed by atoms with E-state index >= 15 is 0 Å². The first kappa shape index (κ1) is 14.7. The maximum absolute atomic E-state index is 5.75. The van der Waals surface area contributed by atoms with E-state index < -0.39 is 0 Å². The van der Waals surface area contributed by atoms with E-state index in [0.717, 1.165) is 46.6 Å². The van der Waals surface area contributed by atoms with Gasteiger partial charge in [0, 0.05) is 19.4 Å². The Morgan fingerprint density at radius 3 is 1.79 bits per heavy atom. The van der Waals surface area contributed by atoms with E-state index in [4.69, 9.17) is 5.73 Å². The van der Waals surface area contributed by atoms with Gasteiger partial charge in [0.25, 0.3) is 0 Å². The molecule has 0 atom stereocenters. The number of nitrogens with zero attached hydrogens (tertiary/aromatic N) is 2. The van der Waals surface area contributed by atoms with Gasteiger partial charge >= 0.3 is 0 Å². The van der Waals surface area contributed by atoms with Crippen LogP contribution in [0.25, 0.3) is 22.1 Å². The summed E-state index contributed by atoms with van der Waals surface area (Å²) in [5.41, 5.74) is 11.0. The molecule has 2 heterocycles. The van der Waals surface area contributed by atoms with Crippen LogP contribution in [0.15, 0.2) is 60.2 Å². The van der Waals surface area contributed by atoms with E-state index in [2.05, 4.69) is 26.0 Å². The lowest BCUT2D eigenvalue weighted by Crippen LogP contribution is -2.03. The molecule has 0 spiro atoms. The van der Waals surface area contributed by atoms with Crippen LogP contribution >= 0.6 is 0 Å². The molecule has 4 aromatic rings. The van der Waals surface area contributed by atoms with E-state index in [9.17, 15) is 0 Å². The van der Waals surface area contributed by atoms with Crippen LogP contribution in [0.5, 0.6) is 0 Å². The molecule has 0 aliphatic rings. The predicted octanol–water partition coefficient (Wildman–Crippen LogP) is 3.11. The fourth-order valence-corrected chi connectivity index (χ4v) is 2.98. The normalized spacial score (nSPS) is 11.2. The van der Waals surface area contributed by atoms with E-state index in [1.165, 1.54) is 5.57 Å². The third kappa shape index (κ3) is 2.94. The summed E-state index contributed by atoms with van der Waals surface area (Å²) in [6, 6.07) is 16.1. The second-order valence-corrected chi connectivity index (χ2v) is 5.85. The summed E-state index contributed by atoms with van der Waals surface area (Å²) in [5.74, 6) is 1.90. The van der Waals surface area contributed by atoms with E-state index in [0.29, 0.717) is 6.54 Å². The summed E-state index contributed by atoms with van der Waals surface area (Å²) in [5, 5.41) is 0. The van der Waals surface area contributed by atoms with Gasteiger partial charge in [-0.2, -0.15) is 0 Å². The monoisotopic (exact) mass is 317 g/mol. The zero-order valence-corrected chi connectivity index (χ0v) is 13.3. The zero-order valence-electron chi connectivity index (χ0n) is 13.3. The van der Waals surface area contributed by atoms with Crippen LogP contribution in [0.1, 0.15) is 11.6 Å². The topological polar surface area (TPSA) is 83.4 Å². The summed E-state index contributed by atoms with van der Waals surface area (Å²) < 4.78 is 0. The van der Waals surface area contributed by atoms with E-state index in [1.807, 2.05) is 48.5 Å². The summed E-state index contributed by atoms with van der Waals surface area (Å²) >= 11 is 0. The minimum Gasteiger partial charge on any atom is -0.342 e. The van der Waals surface area contributed by atoms with Crippen LogP contribution in [0.3, 0.4) is 0 Å². The van der Waals surface area contributed by atoms with Gasteiger partial charge < -0.3 is 15.7 Å². The van der Waals surface area contributed by atoms with Gasteiger partial charge in [-0.25, -0.2) is 9.97 Å². The Morgan fingerprint density at radius 2 is 1.33 bits per heavy atom. The largest absolute Gasteiger partial charge is 0.342 e. The van der Waals surface area contributed by atoms with Crippen molar-refractivity contribution in [2.75, 3.05) is 6.54 Å². The molecule has 0 radical (unpaired) electrons. The van der Waals surface area contributed by atoms with E-state index in [1.54, 1.807) is 0 Å². The number of imidazole rings is 2. The highest BCUT2D eigenvalue weighted by Gasteiger charge is 2.09. The molecule has 0 aliphatic heterocycles. The molecule has 0 aliphatic carbocycles. The van der Waals surface area contributed by atoms with Crippen molar-refractivity contribution in [3.05, 3.63) is 71.8 Å². The highest BCUT2D eigenvalue weighted by Crippen LogP contribution is 2.17. The molecule has 2 aromatic heterocycles. The quantitative estimate of drug-likeness (QED) is 0.495. The molecule has 0 unspecified atom stereocenters. The lowest BCUT2D eigenvalue weighted by molar-refractivity contribution is 0.913.